The summed E-state index contributed by atoms with van der Waals surface area (Å²) in [5, 5.41) is 6.84. The maximum atomic E-state index is 4.74. The molecule has 0 atom stereocenters. The minimum absolute atomic E-state index is 0.451. The molecule has 26 heavy (non-hydrogen) atoms. The van der Waals surface area contributed by atoms with Crippen molar-refractivity contribution in [1.82, 2.24) is 19.9 Å². The number of nitrogens with zero attached hydrogens (tertiary/aromatic N) is 4. The van der Waals surface area contributed by atoms with Gasteiger partial charge < -0.3 is 10.6 Å². The Kier molecular flexibility index (Phi) is 5.00. The number of pyridine rings is 2. The van der Waals surface area contributed by atoms with Gasteiger partial charge in [0, 0.05) is 24.6 Å². The van der Waals surface area contributed by atoms with Crippen LogP contribution in [0, 0.1) is 0 Å². The lowest BCUT2D eigenvalue weighted by atomic mass is 9.95. The van der Waals surface area contributed by atoms with Gasteiger partial charge in [-0.1, -0.05) is 25.3 Å². The topological polar surface area (TPSA) is 75.6 Å². The minimum atomic E-state index is 0.451. The number of anilines is 3. The zero-order valence-electron chi connectivity index (χ0n) is 14.6. The van der Waals surface area contributed by atoms with E-state index in [0.29, 0.717) is 12.0 Å². The Morgan fingerprint density at radius 1 is 0.885 bits per heavy atom. The maximum absolute atomic E-state index is 4.74. The summed E-state index contributed by atoms with van der Waals surface area (Å²) in [6, 6.07) is 10.2. The van der Waals surface area contributed by atoms with Crippen molar-refractivity contribution >= 4 is 17.5 Å². The van der Waals surface area contributed by atoms with Gasteiger partial charge in [0.1, 0.15) is 5.82 Å². The highest BCUT2D eigenvalue weighted by Gasteiger charge is 2.17. The molecule has 6 nitrogen and oxygen atoms in total. The monoisotopic (exact) mass is 346 g/mol. The highest BCUT2D eigenvalue weighted by atomic mass is 15.2. The first-order chi connectivity index (χ1) is 12.9. The molecule has 0 saturated heterocycles. The van der Waals surface area contributed by atoms with Crippen LogP contribution in [0.3, 0.4) is 0 Å². The largest absolute Gasteiger partial charge is 0.367 e. The SMILES string of the molecule is c1ccc(-c2cnc(Nc3cccnc3)nc2NC2CCCCC2)nc1. The number of rotatable bonds is 5. The van der Waals surface area contributed by atoms with Crippen LogP contribution in [-0.4, -0.2) is 26.0 Å². The Morgan fingerprint density at radius 3 is 2.58 bits per heavy atom. The molecule has 1 aliphatic rings. The van der Waals surface area contributed by atoms with Crippen molar-refractivity contribution in [3.8, 4) is 11.3 Å². The molecule has 4 rings (SSSR count). The Labute approximate surface area is 153 Å². The fourth-order valence-electron chi connectivity index (χ4n) is 3.27. The van der Waals surface area contributed by atoms with E-state index in [4.69, 9.17) is 4.98 Å². The van der Waals surface area contributed by atoms with E-state index >= 15 is 0 Å². The molecule has 1 fully saturated rings. The summed E-state index contributed by atoms with van der Waals surface area (Å²) in [5.41, 5.74) is 2.66. The van der Waals surface area contributed by atoms with Crippen molar-refractivity contribution in [1.29, 1.82) is 0 Å². The number of hydrogen-bond donors (Lipinski definition) is 2. The number of hydrogen-bond acceptors (Lipinski definition) is 6. The van der Waals surface area contributed by atoms with E-state index in [2.05, 4.69) is 25.6 Å². The standard InChI is InChI=1S/C20H22N6/c1-2-7-15(8-3-1)24-19-17(18-10-4-5-12-22-18)14-23-20(26-19)25-16-9-6-11-21-13-16/h4-6,9-15H,1-3,7-8H2,(H2,23,24,25,26). The molecule has 3 aromatic heterocycles. The minimum Gasteiger partial charge on any atom is -0.367 e. The summed E-state index contributed by atoms with van der Waals surface area (Å²) in [7, 11) is 0. The Balaban J connectivity index is 1.64. The first-order valence-corrected chi connectivity index (χ1v) is 9.10. The molecule has 0 amide bonds. The molecule has 2 N–H and O–H groups in total. The lowest BCUT2D eigenvalue weighted by Crippen LogP contribution is -2.23. The van der Waals surface area contributed by atoms with Crippen molar-refractivity contribution in [2.24, 2.45) is 0 Å². The average Bonchev–Trinajstić information content (AvgIpc) is 2.70. The lowest BCUT2D eigenvalue weighted by Gasteiger charge is -2.24. The molecule has 132 valence electrons. The van der Waals surface area contributed by atoms with E-state index in [9.17, 15) is 0 Å². The molecule has 0 aromatic carbocycles. The van der Waals surface area contributed by atoms with Gasteiger partial charge >= 0.3 is 0 Å². The van der Waals surface area contributed by atoms with Gasteiger partial charge in [-0.25, -0.2) is 4.98 Å². The summed E-state index contributed by atoms with van der Waals surface area (Å²) in [6.07, 6.45) is 13.3. The van der Waals surface area contributed by atoms with Gasteiger partial charge in [0.05, 0.1) is 23.1 Å². The molecule has 0 radical (unpaired) electrons. The average molecular weight is 346 g/mol. The van der Waals surface area contributed by atoms with Gasteiger partial charge in [-0.15, -0.1) is 0 Å². The van der Waals surface area contributed by atoms with Gasteiger partial charge in [-0.3, -0.25) is 9.97 Å². The van der Waals surface area contributed by atoms with Crippen LogP contribution in [0.15, 0.2) is 55.1 Å². The van der Waals surface area contributed by atoms with E-state index in [-0.39, 0.29) is 0 Å². The van der Waals surface area contributed by atoms with Gasteiger partial charge in [0.25, 0.3) is 0 Å². The molecule has 0 spiro atoms. The molecule has 0 bridgehead atoms. The van der Waals surface area contributed by atoms with Crippen molar-refractivity contribution in [2.45, 2.75) is 38.1 Å². The van der Waals surface area contributed by atoms with Crippen LogP contribution >= 0.6 is 0 Å². The normalized spacial score (nSPS) is 14.8. The van der Waals surface area contributed by atoms with E-state index in [0.717, 1.165) is 22.8 Å². The van der Waals surface area contributed by atoms with Crippen molar-refractivity contribution in [2.75, 3.05) is 10.6 Å². The number of nitrogens with one attached hydrogen (secondary N) is 2. The number of aromatic nitrogens is 4. The van der Waals surface area contributed by atoms with Gasteiger partial charge in [-0.2, -0.15) is 4.98 Å². The van der Waals surface area contributed by atoms with Crippen LogP contribution < -0.4 is 10.6 Å². The maximum Gasteiger partial charge on any atom is 0.229 e. The summed E-state index contributed by atoms with van der Waals surface area (Å²) in [4.78, 5) is 17.8. The fraction of sp³-hybridized carbons (Fsp3) is 0.300. The van der Waals surface area contributed by atoms with Crippen LogP contribution in [0.5, 0.6) is 0 Å². The third-order valence-electron chi connectivity index (χ3n) is 4.59. The molecule has 0 unspecified atom stereocenters. The van der Waals surface area contributed by atoms with Crippen LogP contribution in [-0.2, 0) is 0 Å². The molecule has 3 aromatic rings. The van der Waals surface area contributed by atoms with E-state index < -0.39 is 0 Å². The van der Waals surface area contributed by atoms with E-state index in [1.807, 2.05) is 36.5 Å². The summed E-state index contributed by atoms with van der Waals surface area (Å²) in [6.45, 7) is 0. The molecular formula is C20H22N6. The molecule has 1 saturated carbocycles. The highest BCUT2D eigenvalue weighted by molar-refractivity contribution is 5.73. The van der Waals surface area contributed by atoms with Crippen LogP contribution in [0.4, 0.5) is 17.5 Å². The molecular weight excluding hydrogens is 324 g/mol. The third kappa shape index (κ3) is 3.96. The molecule has 3 heterocycles. The van der Waals surface area contributed by atoms with E-state index in [1.165, 1.54) is 32.1 Å². The first kappa shape index (κ1) is 16.4. The summed E-state index contributed by atoms with van der Waals surface area (Å²) < 4.78 is 0. The zero-order chi connectivity index (χ0) is 17.6. The molecule has 0 aliphatic heterocycles. The second-order valence-corrected chi connectivity index (χ2v) is 6.52. The highest BCUT2D eigenvalue weighted by Crippen LogP contribution is 2.29. The fourth-order valence-corrected chi connectivity index (χ4v) is 3.27. The Bertz CT molecular complexity index is 831. The van der Waals surface area contributed by atoms with Crippen molar-refractivity contribution in [3.63, 3.8) is 0 Å². The van der Waals surface area contributed by atoms with Crippen molar-refractivity contribution < 1.29 is 0 Å². The lowest BCUT2D eigenvalue weighted by molar-refractivity contribution is 0.462. The van der Waals surface area contributed by atoms with Crippen LogP contribution in [0.1, 0.15) is 32.1 Å². The second-order valence-electron chi connectivity index (χ2n) is 6.52. The van der Waals surface area contributed by atoms with Crippen molar-refractivity contribution in [3.05, 3.63) is 55.1 Å². The summed E-state index contributed by atoms with van der Waals surface area (Å²) >= 11 is 0. The second kappa shape index (κ2) is 7.91. The van der Waals surface area contributed by atoms with Gasteiger partial charge in [0.15, 0.2) is 0 Å². The van der Waals surface area contributed by atoms with Gasteiger partial charge in [0.2, 0.25) is 5.95 Å². The molecule has 1 aliphatic carbocycles. The quantitative estimate of drug-likeness (QED) is 0.712. The van der Waals surface area contributed by atoms with Crippen LogP contribution in [0.25, 0.3) is 11.3 Å². The zero-order valence-corrected chi connectivity index (χ0v) is 14.6. The predicted octanol–water partition coefficient (Wildman–Crippen LogP) is 4.42. The smallest absolute Gasteiger partial charge is 0.229 e. The van der Waals surface area contributed by atoms with Crippen LogP contribution in [0.2, 0.25) is 0 Å². The Hall–Kier alpha value is -3.02. The van der Waals surface area contributed by atoms with Gasteiger partial charge in [-0.05, 0) is 37.1 Å². The molecule has 6 heteroatoms. The predicted molar refractivity (Wildman–Crippen MR) is 103 cm³/mol. The third-order valence-corrected chi connectivity index (χ3v) is 4.59. The van der Waals surface area contributed by atoms with E-state index in [1.54, 1.807) is 18.6 Å². The first-order valence-electron chi connectivity index (χ1n) is 9.10. The Morgan fingerprint density at radius 2 is 1.81 bits per heavy atom. The summed E-state index contributed by atoms with van der Waals surface area (Å²) in [5.74, 6) is 1.38.